The number of nitrogens with zero attached hydrogens (tertiary/aromatic N) is 1. The van der Waals surface area contributed by atoms with E-state index >= 15 is 0 Å². The Morgan fingerprint density at radius 2 is 1.68 bits per heavy atom. The number of nitrogens with one attached hydrogen (secondary N) is 1. The molecule has 3 aromatic carbocycles. The highest BCUT2D eigenvalue weighted by Gasteiger charge is 2.18. The zero-order valence-corrected chi connectivity index (χ0v) is 17.9. The lowest BCUT2D eigenvalue weighted by molar-refractivity contribution is 0.0949. The van der Waals surface area contributed by atoms with E-state index in [1.165, 1.54) is 5.56 Å². The fourth-order valence-electron chi connectivity index (χ4n) is 3.86. The van der Waals surface area contributed by atoms with Crippen molar-refractivity contribution in [1.29, 1.82) is 0 Å². The van der Waals surface area contributed by atoms with Crippen LogP contribution >= 0.6 is 0 Å². The van der Waals surface area contributed by atoms with Gasteiger partial charge in [0.05, 0.1) is 5.52 Å². The molecule has 4 aromatic rings. The smallest absolute Gasteiger partial charge is 0.257 e. The number of pyridine rings is 1. The molecule has 0 atom stereocenters. The third kappa shape index (κ3) is 4.29. The summed E-state index contributed by atoms with van der Waals surface area (Å²) in [7, 11) is 0. The Bertz CT molecular complexity index is 1270. The first-order valence-electron chi connectivity index (χ1n) is 10.6. The van der Waals surface area contributed by atoms with Gasteiger partial charge in [0.25, 0.3) is 5.91 Å². The van der Waals surface area contributed by atoms with Crippen molar-refractivity contribution in [1.82, 2.24) is 9.88 Å². The number of aromatic nitrogens is 1. The van der Waals surface area contributed by atoms with Crippen molar-refractivity contribution in [2.45, 2.75) is 33.2 Å². The number of aryl methyl sites for hydroxylation is 2. The van der Waals surface area contributed by atoms with Gasteiger partial charge >= 0.3 is 0 Å². The molecule has 4 heteroatoms. The van der Waals surface area contributed by atoms with E-state index in [2.05, 4.69) is 18.3 Å². The normalized spacial score (nSPS) is 10.9. The molecule has 1 aromatic heterocycles. The minimum Gasteiger partial charge on any atom is -0.348 e. The van der Waals surface area contributed by atoms with Crippen molar-refractivity contribution in [2.24, 2.45) is 0 Å². The molecule has 4 rings (SSSR count). The Kier molecular flexibility index (Phi) is 5.99. The van der Waals surface area contributed by atoms with Crippen molar-refractivity contribution >= 4 is 16.8 Å². The topological polar surface area (TPSA) is 51.1 Å². The summed E-state index contributed by atoms with van der Waals surface area (Å²) in [4.78, 5) is 26.3. The van der Waals surface area contributed by atoms with Crippen molar-refractivity contribution in [3.8, 4) is 5.69 Å². The molecular formula is C27H26N2O2. The van der Waals surface area contributed by atoms with Crippen molar-refractivity contribution < 1.29 is 4.79 Å². The highest BCUT2D eigenvalue weighted by molar-refractivity contribution is 5.98. The Labute approximate surface area is 182 Å². The molecule has 0 aliphatic heterocycles. The second-order valence-electron chi connectivity index (χ2n) is 7.81. The first-order chi connectivity index (χ1) is 15.1. The number of hydrogen-bond donors (Lipinski definition) is 1. The molecule has 1 amide bonds. The maximum atomic E-state index is 13.3. The van der Waals surface area contributed by atoms with E-state index < -0.39 is 0 Å². The summed E-state index contributed by atoms with van der Waals surface area (Å²) >= 11 is 0. The summed E-state index contributed by atoms with van der Waals surface area (Å²) in [5, 5.41) is 3.47. The largest absolute Gasteiger partial charge is 0.348 e. The summed E-state index contributed by atoms with van der Waals surface area (Å²) in [6.45, 7) is 4.52. The number of para-hydroxylation sites is 2. The zero-order valence-electron chi connectivity index (χ0n) is 17.9. The third-order valence-electron chi connectivity index (χ3n) is 5.48. The molecular weight excluding hydrogens is 384 g/mol. The third-order valence-corrected chi connectivity index (χ3v) is 5.48. The van der Waals surface area contributed by atoms with Gasteiger partial charge < -0.3 is 9.88 Å². The molecule has 0 saturated heterocycles. The van der Waals surface area contributed by atoms with Crippen LogP contribution in [0.1, 0.15) is 40.4 Å². The standard InChI is InChI=1S/C27H26N2O2/c1-3-8-21-9-7-12-23-25(21)29(22-10-5-4-6-11-22)18-24(26(23)30)27(31)28-17-20-15-13-19(2)14-16-20/h4-7,9-16,18H,3,8,17H2,1-2H3,(H,28,31). The Balaban J connectivity index is 1.80. The van der Waals surface area contributed by atoms with Crippen LogP contribution in [0.15, 0.2) is 83.8 Å². The Morgan fingerprint density at radius 3 is 2.39 bits per heavy atom. The van der Waals surface area contributed by atoms with Gasteiger partial charge in [0.15, 0.2) is 0 Å². The summed E-state index contributed by atoms with van der Waals surface area (Å²) < 4.78 is 1.97. The van der Waals surface area contributed by atoms with Crippen molar-refractivity contribution in [3.63, 3.8) is 0 Å². The van der Waals surface area contributed by atoms with Gasteiger partial charge in [-0.25, -0.2) is 0 Å². The SMILES string of the molecule is CCCc1cccc2c(=O)c(C(=O)NCc3ccc(C)cc3)cn(-c3ccccc3)c12. The summed E-state index contributed by atoms with van der Waals surface area (Å²) in [6, 6.07) is 23.6. The molecule has 0 spiro atoms. The van der Waals surface area contributed by atoms with E-state index in [1.807, 2.05) is 78.2 Å². The maximum Gasteiger partial charge on any atom is 0.257 e. The van der Waals surface area contributed by atoms with Crippen LogP contribution in [0, 0.1) is 6.92 Å². The van der Waals surface area contributed by atoms with Crippen LogP contribution in [0.3, 0.4) is 0 Å². The number of amides is 1. The van der Waals surface area contributed by atoms with Crippen LogP contribution in [0.4, 0.5) is 0 Å². The summed E-state index contributed by atoms with van der Waals surface area (Å²) in [5.74, 6) is -0.363. The minimum atomic E-state index is -0.363. The molecule has 0 bridgehead atoms. The van der Waals surface area contributed by atoms with Gasteiger partial charge in [-0.3, -0.25) is 9.59 Å². The molecule has 0 unspecified atom stereocenters. The van der Waals surface area contributed by atoms with Crippen LogP contribution in [-0.4, -0.2) is 10.5 Å². The van der Waals surface area contributed by atoms with Crippen LogP contribution in [0.2, 0.25) is 0 Å². The van der Waals surface area contributed by atoms with Crippen LogP contribution in [-0.2, 0) is 13.0 Å². The summed E-state index contributed by atoms with van der Waals surface area (Å²) in [6.07, 6.45) is 3.52. The lowest BCUT2D eigenvalue weighted by atomic mass is 10.0. The Hall–Kier alpha value is -3.66. The van der Waals surface area contributed by atoms with Gasteiger partial charge in [0, 0.05) is 23.8 Å². The van der Waals surface area contributed by atoms with Gasteiger partial charge in [-0.1, -0.05) is 73.5 Å². The molecule has 31 heavy (non-hydrogen) atoms. The molecule has 4 nitrogen and oxygen atoms in total. The fraction of sp³-hybridized carbons (Fsp3) is 0.185. The van der Waals surface area contributed by atoms with Crippen LogP contribution in [0.25, 0.3) is 16.6 Å². The van der Waals surface area contributed by atoms with E-state index in [0.717, 1.165) is 35.2 Å². The van der Waals surface area contributed by atoms with Gasteiger partial charge in [0.2, 0.25) is 5.43 Å². The van der Waals surface area contributed by atoms with E-state index in [0.29, 0.717) is 11.9 Å². The van der Waals surface area contributed by atoms with Gasteiger partial charge in [-0.2, -0.15) is 0 Å². The first kappa shape index (κ1) is 20.6. The van der Waals surface area contributed by atoms with E-state index in [4.69, 9.17) is 0 Å². The van der Waals surface area contributed by atoms with Gasteiger partial charge in [-0.05, 0) is 42.7 Å². The molecule has 0 aliphatic carbocycles. The highest BCUT2D eigenvalue weighted by Crippen LogP contribution is 2.22. The van der Waals surface area contributed by atoms with E-state index in [-0.39, 0.29) is 16.9 Å². The molecule has 156 valence electrons. The average Bonchev–Trinajstić information content (AvgIpc) is 2.80. The lowest BCUT2D eigenvalue weighted by Gasteiger charge is -2.16. The number of rotatable bonds is 6. The zero-order chi connectivity index (χ0) is 21.8. The van der Waals surface area contributed by atoms with Crippen molar-refractivity contribution in [3.05, 3.63) is 111 Å². The number of benzene rings is 3. The molecule has 0 radical (unpaired) electrons. The first-order valence-corrected chi connectivity index (χ1v) is 10.6. The number of hydrogen-bond acceptors (Lipinski definition) is 2. The fourth-order valence-corrected chi connectivity index (χ4v) is 3.86. The minimum absolute atomic E-state index is 0.150. The van der Waals surface area contributed by atoms with Crippen LogP contribution < -0.4 is 10.7 Å². The number of carbonyl (C=O) groups is 1. The molecule has 1 N–H and O–H groups in total. The second-order valence-corrected chi connectivity index (χ2v) is 7.81. The molecule has 0 fully saturated rings. The molecule has 1 heterocycles. The monoisotopic (exact) mass is 410 g/mol. The summed E-state index contributed by atoms with van der Waals surface area (Å²) in [5.41, 5.74) is 4.97. The van der Waals surface area contributed by atoms with Crippen molar-refractivity contribution in [2.75, 3.05) is 0 Å². The van der Waals surface area contributed by atoms with Gasteiger partial charge in [-0.15, -0.1) is 0 Å². The molecule has 0 saturated carbocycles. The number of carbonyl (C=O) groups excluding carboxylic acids is 1. The van der Waals surface area contributed by atoms with Crippen LogP contribution in [0.5, 0.6) is 0 Å². The second kappa shape index (κ2) is 9.00. The maximum absolute atomic E-state index is 13.3. The quantitative estimate of drug-likeness (QED) is 0.476. The highest BCUT2D eigenvalue weighted by atomic mass is 16.2. The predicted octanol–water partition coefficient (Wildman–Crippen LogP) is 5.18. The van der Waals surface area contributed by atoms with E-state index in [1.54, 1.807) is 6.20 Å². The van der Waals surface area contributed by atoms with Gasteiger partial charge in [0.1, 0.15) is 5.56 Å². The number of fused-ring (bicyclic) bond motifs is 1. The lowest BCUT2D eigenvalue weighted by Crippen LogP contribution is -2.29. The Morgan fingerprint density at radius 1 is 0.935 bits per heavy atom. The molecule has 0 aliphatic rings. The van der Waals surface area contributed by atoms with E-state index in [9.17, 15) is 9.59 Å². The average molecular weight is 411 g/mol. The predicted molar refractivity (Wildman–Crippen MR) is 126 cm³/mol.